The van der Waals surface area contributed by atoms with Crippen LogP contribution in [0.4, 0.5) is 11.5 Å². The number of aromatic nitrogens is 1. The molecule has 1 aromatic carbocycles. The monoisotopic (exact) mass is 406 g/mol. The van der Waals surface area contributed by atoms with E-state index in [0.717, 1.165) is 11.3 Å². The highest BCUT2D eigenvalue weighted by atomic mass is 16.2. The van der Waals surface area contributed by atoms with E-state index in [2.05, 4.69) is 10.3 Å². The summed E-state index contributed by atoms with van der Waals surface area (Å²) in [5, 5.41) is 2.84. The van der Waals surface area contributed by atoms with Gasteiger partial charge in [0.1, 0.15) is 5.82 Å². The summed E-state index contributed by atoms with van der Waals surface area (Å²) in [4.78, 5) is 45.5. The van der Waals surface area contributed by atoms with Crippen molar-refractivity contribution < 1.29 is 14.4 Å². The van der Waals surface area contributed by atoms with E-state index in [1.54, 1.807) is 28.1 Å². The Morgan fingerprint density at radius 1 is 1.03 bits per heavy atom. The maximum Gasteiger partial charge on any atom is 0.228 e. The second kappa shape index (κ2) is 8.65. The van der Waals surface area contributed by atoms with Crippen LogP contribution in [0.2, 0.25) is 0 Å². The first-order valence-electron chi connectivity index (χ1n) is 10.4. The van der Waals surface area contributed by atoms with E-state index < -0.39 is 0 Å². The van der Waals surface area contributed by atoms with Gasteiger partial charge in [0.05, 0.1) is 5.92 Å². The molecule has 156 valence electrons. The summed E-state index contributed by atoms with van der Waals surface area (Å²) in [5.41, 5.74) is 1.97. The Hall–Kier alpha value is -3.22. The van der Waals surface area contributed by atoms with Gasteiger partial charge < -0.3 is 15.1 Å². The highest BCUT2D eigenvalue weighted by Crippen LogP contribution is 2.28. The van der Waals surface area contributed by atoms with E-state index in [4.69, 9.17) is 0 Å². The van der Waals surface area contributed by atoms with Crippen LogP contribution in [0, 0.1) is 18.8 Å². The van der Waals surface area contributed by atoms with Crippen LogP contribution in [0.15, 0.2) is 48.7 Å². The van der Waals surface area contributed by atoms with Crippen molar-refractivity contribution in [3.05, 3.63) is 54.2 Å². The third-order valence-corrected chi connectivity index (χ3v) is 5.91. The topological polar surface area (TPSA) is 82.6 Å². The summed E-state index contributed by atoms with van der Waals surface area (Å²) < 4.78 is 0. The molecule has 3 heterocycles. The Labute approximate surface area is 176 Å². The molecule has 0 spiro atoms. The maximum absolute atomic E-state index is 13.0. The zero-order chi connectivity index (χ0) is 21.1. The Morgan fingerprint density at radius 3 is 2.43 bits per heavy atom. The largest absolute Gasteiger partial charge is 0.342 e. The van der Waals surface area contributed by atoms with Gasteiger partial charge in [-0.2, -0.15) is 0 Å². The summed E-state index contributed by atoms with van der Waals surface area (Å²) in [5.74, 6) is 0.0375. The molecule has 2 fully saturated rings. The summed E-state index contributed by atoms with van der Waals surface area (Å²) in [6, 6.07) is 13.2. The molecule has 1 N–H and O–H groups in total. The molecule has 2 aliphatic heterocycles. The van der Waals surface area contributed by atoms with Crippen molar-refractivity contribution in [2.45, 2.75) is 26.2 Å². The second-order valence-electron chi connectivity index (χ2n) is 8.04. The molecule has 3 amide bonds. The van der Waals surface area contributed by atoms with Crippen LogP contribution in [-0.4, -0.2) is 47.2 Å². The molecule has 4 rings (SSSR count). The minimum absolute atomic E-state index is 0.0122. The highest BCUT2D eigenvalue weighted by molar-refractivity contribution is 6.00. The Kier molecular flexibility index (Phi) is 5.79. The minimum Gasteiger partial charge on any atom is -0.342 e. The van der Waals surface area contributed by atoms with Crippen LogP contribution < -0.4 is 10.2 Å². The van der Waals surface area contributed by atoms with E-state index in [-0.39, 0.29) is 36.0 Å². The molecule has 1 aromatic heterocycles. The molecular weight excluding hydrogens is 380 g/mol. The first-order valence-corrected chi connectivity index (χ1v) is 10.4. The van der Waals surface area contributed by atoms with E-state index in [0.29, 0.717) is 38.3 Å². The number of amides is 3. The molecule has 30 heavy (non-hydrogen) atoms. The lowest BCUT2D eigenvalue weighted by Crippen LogP contribution is -2.44. The number of nitrogens with one attached hydrogen (secondary N) is 1. The first kappa shape index (κ1) is 20.1. The predicted octanol–water partition coefficient (Wildman–Crippen LogP) is 2.62. The molecule has 1 atom stereocenters. The van der Waals surface area contributed by atoms with Gasteiger partial charge >= 0.3 is 0 Å². The zero-order valence-electron chi connectivity index (χ0n) is 17.1. The van der Waals surface area contributed by atoms with Gasteiger partial charge in [-0.3, -0.25) is 14.4 Å². The molecule has 2 aromatic rings. The van der Waals surface area contributed by atoms with Crippen molar-refractivity contribution in [1.29, 1.82) is 0 Å². The molecule has 0 radical (unpaired) electrons. The standard InChI is InChI=1S/C23H26N4O3/c1-16-5-7-19(8-6-16)27-15-18(14-21(27)28)23(30)26-12-9-17(10-13-26)22(29)25-20-4-2-3-11-24-20/h2-8,11,17-18H,9-10,12-15H2,1H3,(H,24,25,29). The number of nitrogens with zero attached hydrogens (tertiary/aromatic N) is 3. The fourth-order valence-electron chi connectivity index (χ4n) is 4.13. The number of carbonyl (C=O) groups is 3. The lowest BCUT2D eigenvalue weighted by molar-refractivity contribution is -0.138. The van der Waals surface area contributed by atoms with Crippen LogP contribution in [0.5, 0.6) is 0 Å². The molecule has 2 saturated heterocycles. The van der Waals surface area contributed by atoms with Gasteiger partial charge in [0.2, 0.25) is 17.7 Å². The minimum atomic E-state index is -0.322. The number of carbonyl (C=O) groups excluding carboxylic acids is 3. The number of anilines is 2. The van der Waals surface area contributed by atoms with Crippen molar-refractivity contribution in [2.75, 3.05) is 29.9 Å². The van der Waals surface area contributed by atoms with E-state index in [1.807, 2.05) is 37.3 Å². The molecule has 7 nitrogen and oxygen atoms in total. The van der Waals surface area contributed by atoms with Crippen molar-refractivity contribution in [3.8, 4) is 0 Å². The van der Waals surface area contributed by atoms with Crippen LogP contribution in [0.1, 0.15) is 24.8 Å². The molecule has 0 bridgehead atoms. The normalized spacial score (nSPS) is 19.8. The molecule has 0 saturated carbocycles. The van der Waals surface area contributed by atoms with E-state index in [1.165, 1.54) is 0 Å². The number of hydrogen-bond acceptors (Lipinski definition) is 4. The van der Waals surface area contributed by atoms with Crippen molar-refractivity contribution in [1.82, 2.24) is 9.88 Å². The average Bonchev–Trinajstić information content (AvgIpc) is 3.16. The quantitative estimate of drug-likeness (QED) is 0.846. The zero-order valence-corrected chi connectivity index (χ0v) is 17.1. The van der Waals surface area contributed by atoms with Crippen LogP contribution in [-0.2, 0) is 14.4 Å². The van der Waals surface area contributed by atoms with Gasteiger partial charge in [-0.25, -0.2) is 4.98 Å². The van der Waals surface area contributed by atoms with Gasteiger partial charge in [-0.15, -0.1) is 0 Å². The highest BCUT2D eigenvalue weighted by Gasteiger charge is 2.38. The number of hydrogen-bond donors (Lipinski definition) is 1. The lowest BCUT2D eigenvalue weighted by Gasteiger charge is -2.32. The fourth-order valence-corrected chi connectivity index (χ4v) is 4.13. The Bertz CT molecular complexity index is 921. The van der Waals surface area contributed by atoms with Crippen molar-refractivity contribution >= 4 is 29.2 Å². The maximum atomic E-state index is 13.0. The number of benzene rings is 1. The van der Waals surface area contributed by atoms with Crippen molar-refractivity contribution in [2.24, 2.45) is 11.8 Å². The van der Waals surface area contributed by atoms with Gasteiger partial charge in [-0.1, -0.05) is 23.8 Å². The Morgan fingerprint density at radius 2 is 1.77 bits per heavy atom. The molecule has 0 aliphatic carbocycles. The third kappa shape index (κ3) is 4.35. The smallest absolute Gasteiger partial charge is 0.228 e. The molecule has 2 aliphatic rings. The number of rotatable bonds is 4. The second-order valence-corrected chi connectivity index (χ2v) is 8.04. The third-order valence-electron chi connectivity index (χ3n) is 5.91. The average molecular weight is 406 g/mol. The van der Waals surface area contributed by atoms with Crippen LogP contribution in [0.25, 0.3) is 0 Å². The number of aryl methyl sites for hydroxylation is 1. The van der Waals surface area contributed by atoms with Crippen LogP contribution in [0.3, 0.4) is 0 Å². The van der Waals surface area contributed by atoms with Crippen molar-refractivity contribution in [3.63, 3.8) is 0 Å². The predicted molar refractivity (Wildman–Crippen MR) is 114 cm³/mol. The number of pyridine rings is 1. The fraction of sp³-hybridized carbons (Fsp3) is 0.391. The lowest BCUT2D eigenvalue weighted by atomic mass is 9.94. The summed E-state index contributed by atoms with van der Waals surface area (Å²) in [6.45, 7) is 3.49. The molecule has 1 unspecified atom stereocenters. The van der Waals surface area contributed by atoms with Crippen LogP contribution >= 0.6 is 0 Å². The van der Waals surface area contributed by atoms with Gasteiger partial charge in [0.25, 0.3) is 0 Å². The molecular formula is C23H26N4O3. The first-order chi connectivity index (χ1) is 14.5. The number of piperidine rings is 1. The summed E-state index contributed by atoms with van der Waals surface area (Å²) >= 11 is 0. The van der Waals surface area contributed by atoms with E-state index in [9.17, 15) is 14.4 Å². The van der Waals surface area contributed by atoms with E-state index >= 15 is 0 Å². The van der Waals surface area contributed by atoms with Gasteiger partial charge in [0, 0.05) is 43.9 Å². The van der Waals surface area contributed by atoms with Gasteiger partial charge in [-0.05, 0) is 44.0 Å². The van der Waals surface area contributed by atoms with Gasteiger partial charge in [0.15, 0.2) is 0 Å². The summed E-state index contributed by atoms with van der Waals surface area (Å²) in [7, 11) is 0. The Balaban J connectivity index is 1.30. The number of likely N-dealkylation sites (tertiary alicyclic amines) is 1. The summed E-state index contributed by atoms with van der Waals surface area (Å²) in [6.07, 6.45) is 3.12. The molecule has 7 heteroatoms. The SMILES string of the molecule is Cc1ccc(N2CC(C(=O)N3CCC(C(=O)Nc4ccccn4)CC3)CC2=O)cc1.